The molecule has 2 aromatic rings. The molecule has 2 amide bonds. The topological polar surface area (TPSA) is 49.4 Å². The van der Waals surface area contributed by atoms with Gasteiger partial charge in [0.2, 0.25) is 5.91 Å². The van der Waals surface area contributed by atoms with Gasteiger partial charge in [0.05, 0.1) is 0 Å². The first-order chi connectivity index (χ1) is 11.0. The summed E-state index contributed by atoms with van der Waals surface area (Å²) in [6.07, 6.45) is 0. The first-order valence-corrected chi connectivity index (χ1v) is 7.05. The highest BCUT2D eigenvalue weighted by molar-refractivity contribution is 5.94. The predicted octanol–water partition coefficient (Wildman–Crippen LogP) is 2.75. The maximum atomic E-state index is 13.3. The molecule has 0 saturated heterocycles. The standard InChI is InChI=1S/C17H16F2N2O2/c1-12(22)21(14-7-8-15(18)16(19)11-14)10-9-20-17(23)13-5-3-2-4-6-13/h2-8,11H,9-10H2,1H3,(H,20,23). The zero-order valence-electron chi connectivity index (χ0n) is 12.6. The molecule has 4 nitrogen and oxygen atoms in total. The molecule has 23 heavy (non-hydrogen) atoms. The van der Waals surface area contributed by atoms with Gasteiger partial charge in [0.25, 0.3) is 5.91 Å². The number of carbonyl (C=O) groups excluding carboxylic acids is 2. The molecular weight excluding hydrogens is 302 g/mol. The lowest BCUT2D eigenvalue weighted by Crippen LogP contribution is -2.37. The van der Waals surface area contributed by atoms with Crippen LogP contribution in [0.5, 0.6) is 0 Å². The van der Waals surface area contributed by atoms with Crippen molar-refractivity contribution in [2.24, 2.45) is 0 Å². The lowest BCUT2D eigenvalue weighted by Gasteiger charge is -2.21. The first-order valence-electron chi connectivity index (χ1n) is 7.05. The molecule has 0 aliphatic carbocycles. The maximum absolute atomic E-state index is 13.3. The molecule has 0 aliphatic heterocycles. The van der Waals surface area contributed by atoms with Gasteiger partial charge in [-0.1, -0.05) is 18.2 Å². The summed E-state index contributed by atoms with van der Waals surface area (Å²) in [4.78, 5) is 24.9. The lowest BCUT2D eigenvalue weighted by molar-refractivity contribution is -0.116. The number of rotatable bonds is 5. The third-order valence-corrected chi connectivity index (χ3v) is 3.25. The number of nitrogens with zero attached hydrogens (tertiary/aromatic N) is 1. The second-order valence-electron chi connectivity index (χ2n) is 4.89. The van der Waals surface area contributed by atoms with E-state index < -0.39 is 11.6 Å². The fourth-order valence-corrected chi connectivity index (χ4v) is 2.09. The molecule has 2 aromatic carbocycles. The monoisotopic (exact) mass is 318 g/mol. The molecule has 6 heteroatoms. The smallest absolute Gasteiger partial charge is 0.251 e. The van der Waals surface area contributed by atoms with Crippen LogP contribution in [0.1, 0.15) is 17.3 Å². The van der Waals surface area contributed by atoms with E-state index in [1.807, 2.05) is 0 Å². The molecule has 0 radical (unpaired) electrons. The summed E-state index contributed by atoms with van der Waals surface area (Å²) >= 11 is 0. The van der Waals surface area contributed by atoms with Gasteiger partial charge in [-0.2, -0.15) is 0 Å². The van der Waals surface area contributed by atoms with E-state index in [1.165, 1.54) is 17.9 Å². The zero-order chi connectivity index (χ0) is 16.8. The van der Waals surface area contributed by atoms with Crippen LogP contribution in [0.25, 0.3) is 0 Å². The fraction of sp³-hybridized carbons (Fsp3) is 0.176. The maximum Gasteiger partial charge on any atom is 0.251 e. The van der Waals surface area contributed by atoms with Crippen LogP contribution < -0.4 is 10.2 Å². The SMILES string of the molecule is CC(=O)N(CCNC(=O)c1ccccc1)c1ccc(F)c(F)c1. The summed E-state index contributed by atoms with van der Waals surface area (Å²) < 4.78 is 26.3. The number of hydrogen-bond acceptors (Lipinski definition) is 2. The van der Waals surface area contributed by atoms with Crippen molar-refractivity contribution in [3.63, 3.8) is 0 Å². The Bertz CT molecular complexity index is 705. The average molecular weight is 318 g/mol. The minimum atomic E-state index is -1.03. The van der Waals surface area contributed by atoms with Crippen molar-refractivity contribution >= 4 is 17.5 Å². The Balaban J connectivity index is 1.99. The Morgan fingerprint density at radius 3 is 2.35 bits per heavy atom. The quantitative estimate of drug-likeness (QED) is 0.921. The summed E-state index contributed by atoms with van der Waals surface area (Å²) in [6.45, 7) is 1.66. The van der Waals surface area contributed by atoms with E-state index in [1.54, 1.807) is 30.3 Å². The van der Waals surface area contributed by atoms with Gasteiger partial charge >= 0.3 is 0 Å². The number of carbonyl (C=O) groups is 2. The lowest BCUT2D eigenvalue weighted by atomic mass is 10.2. The number of amides is 2. The van der Waals surface area contributed by atoms with E-state index in [0.717, 1.165) is 12.1 Å². The summed E-state index contributed by atoms with van der Waals surface area (Å²) in [6, 6.07) is 11.9. The van der Waals surface area contributed by atoms with Crippen LogP contribution in [-0.4, -0.2) is 24.9 Å². The molecule has 0 fully saturated rings. The molecule has 120 valence electrons. The van der Waals surface area contributed by atoms with Crippen molar-refractivity contribution in [3.05, 3.63) is 65.7 Å². The number of halogens is 2. The van der Waals surface area contributed by atoms with Crippen molar-refractivity contribution in [1.82, 2.24) is 5.32 Å². The molecule has 0 saturated carbocycles. The van der Waals surface area contributed by atoms with E-state index in [0.29, 0.717) is 5.56 Å². The van der Waals surface area contributed by atoms with Gasteiger partial charge in [0.1, 0.15) is 0 Å². The van der Waals surface area contributed by atoms with Crippen molar-refractivity contribution in [3.8, 4) is 0 Å². The van der Waals surface area contributed by atoms with E-state index >= 15 is 0 Å². The van der Waals surface area contributed by atoms with Gasteiger partial charge in [-0.3, -0.25) is 9.59 Å². The highest BCUT2D eigenvalue weighted by Crippen LogP contribution is 2.17. The van der Waals surface area contributed by atoms with Gasteiger partial charge in [-0.05, 0) is 24.3 Å². The molecule has 0 heterocycles. The summed E-state index contributed by atoms with van der Waals surface area (Å²) in [5.41, 5.74) is 0.750. The third-order valence-electron chi connectivity index (χ3n) is 3.25. The van der Waals surface area contributed by atoms with Gasteiger partial charge in [0.15, 0.2) is 11.6 Å². The molecule has 2 rings (SSSR count). The average Bonchev–Trinajstić information content (AvgIpc) is 2.54. The van der Waals surface area contributed by atoms with Crippen molar-refractivity contribution in [2.45, 2.75) is 6.92 Å². The van der Waals surface area contributed by atoms with E-state index in [9.17, 15) is 18.4 Å². The summed E-state index contributed by atoms with van der Waals surface area (Å²) in [7, 11) is 0. The Hall–Kier alpha value is -2.76. The predicted molar refractivity (Wildman–Crippen MR) is 83.2 cm³/mol. The summed E-state index contributed by atoms with van der Waals surface area (Å²) in [5.74, 6) is -2.60. The van der Waals surface area contributed by atoms with Crippen molar-refractivity contribution in [1.29, 1.82) is 0 Å². The largest absolute Gasteiger partial charge is 0.350 e. The minimum absolute atomic E-state index is 0.152. The first kappa shape index (κ1) is 16.6. The van der Waals surface area contributed by atoms with E-state index in [-0.39, 0.29) is 30.6 Å². The van der Waals surface area contributed by atoms with Crippen LogP contribution in [-0.2, 0) is 4.79 Å². The van der Waals surface area contributed by atoms with Gasteiger partial charge in [-0.15, -0.1) is 0 Å². The molecular formula is C17H16F2N2O2. The van der Waals surface area contributed by atoms with Crippen molar-refractivity contribution < 1.29 is 18.4 Å². The number of anilines is 1. The highest BCUT2D eigenvalue weighted by Gasteiger charge is 2.14. The molecule has 1 N–H and O–H groups in total. The zero-order valence-corrected chi connectivity index (χ0v) is 12.6. The van der Waals surface area contributed by atoms with Gasteiger partial charge in [0, 0.05) is 37.3 Å². The van der Waals surface area contributed by atoms with Gasteiger partial charge < -0.3 is 10.2 Å². The number of hydrogen-bond donors (Lipinski definition) is 1. The molecule has 0 aliphatic rings. The molecule has 0 aromatic heterocycles. The van der Waals surface area contributed by atoms with Gasteiger partial charge in [-0.25, -0.2) is 8.78 Å². The van der Waals surface area contributed by atoms with Crippen LogP contribution in [0.15, 0.2) is 48.5 Å². The van der Waals surface area contributed by atoms with Crippen LogP contribution in [0.3, 0.4) is 0 Å². The second kappa shape index (κ2) is 7.49. The fourth-order valence-electron chi connectivity index (χ4n) is 2.09. The number of benzene rings is 2. The normalized spacial score (nSPS) is 10.2. The number of nitrogens with one attached hydrogen (secondary N) is 1. The third kappa shape index (κ3) is 4.35. The summed E-state index contributed by atoms with van der Waals surface area (Å²) in [5, 5.41) is 2.68. The van der Waals surface area contributed by atoms with E-state index in [4.69, 9.17) is 0 Å². The minimum Gasteiger partial charge on any atom is -0.350 e. The Kier molecular flexibility index (Phi) is 5.41. The van der Waals surface area contributed by atoms with Crippen LogP contribution in [0.2, 0.25) is 0 Å². The second-order valence-corrected chi connectivity index (χ2v) is 4.89. The Morgan fingerprint density at radius 1 is 1.04 bits per heavy atom. The Labute approximate surface area is 132 Å². The molecule has 0 spiro atoms. The highest BCUT2D eigenvalue weighted by atomic mass is 19.2. The van der Waals surface area contributed by atoms with Crippen LogP contribution in [0.4, 0.5) is 14.5 Å². The molecule has 0 bridgehead atoms. The Morgan fingerprint density at radius 2 is 1.74 bits per heavy atom. The molecule has 0 atom stereocenters. The van der Waals surface area contributed by atoms with Crippen LogP contribution >= 0.6 is 0 Å². The molecule has 0 unspecified atom stereocenters. The van der Waals surface area contributed by atoms with Crippen LogP contribution in [0, 0.1) is 11.6 Å². The van der Waals surface area contributed by atoms with E-state index in [2.05, 4.69) is 5.32 Å². The van der Waals surface area contributed by atoms with Crippen molar-refractivity contribution in [2.75, 3.05) is 18.0 Å².